The third-order valence-electron chi connectivity index (χ3n) is 3.93. The van der Waals surface area contributed by atoms with Crippen LogP contribution in [0.2, 0.25) is 0 Å². The van der Waals surface area contributed by atoms with E-state index in [9.17, 15) is 13.2 Å². The van der Waals surface area contributed by atoms with Gasteiger partial charge in [-0.1, -0.05) is 42.5 Å². The van der Waals surface area contributed by atoms with Crippen LogP contribution in [0.25, 0.3) is 0 Å². The molecule has 0 saturated carbocycles. The van der Waals surface area contributed by atoms with Crippen LogP contribution in [0.15, 0.2) is 54.6 Å². The van der Waals surface area contributed by atoms with E-state index in [1.807, 2.05) is 54.6 Å². The number of carbonyl (C=O) groups is 1. The zero-order valence-corrected chi connectivity index (χ0v) is 15.9. The molecule has 0 aliphatic rings. The molecular weight excluding hydrogens is 352 g/mol. The molecule has 1 atom stereocenters. The van der Waals surface area contributed by atoms with Crippen molar-refractivity contribution >= 4 is 15.8 Å². The van der Waals surface area contributed by atoms with Crippen LogP contribution >= 0.6 is 0 Å². The minimum absolute atomic E-state index is 0.165. The summed E-state index contributed by atoms with van der Waals surface area (Å²) in [4.78, 5) is 11.9. The Bertz CT molecular complexity index is 798. The highest BCUT2D eigenvalue weighted by Gasteiger charge is 2.29. The number of hydrogen-bond acceptors (Lipinski definition) is 5. The van der Waals surface area contributed by atoms with Gasteiger partial charge in [-0.3, -0.25) is 4.79 Å². The highest BCUT2D eigenvalue weighted by Crippen LogP contribution is 2.17. The van der Waals surface area contributed by atoms with Gasteiger partial charge in [-0.2, -0.15) is 0 Å². The molecule has 26 heavy (non-hydrogen) atoms. The minimum atomic E-state index is -3.50. The summed E-state index contributed by atoms with van der Waals surface area (Å²) in [6.45, 7) is 2.31. The maximum Gasteiger partial charge on any atom is 0.324 e. The highest BCUT2D eigenvalue weighted by atomic mass is 32.2. The second-order valence-electron chi connectivity index (χ2n) is 6.03. The summed E-state index contributed by atoms with van der Waals surface area (Å²) in [5.74, 6) is 0.0560. The van der Waals surface area contributed by atoms with E-state index in [1.54, 1.807) is 6.92 Å². The number of esters is 1. The van der Waals surface area contributed by atoms with Gasteiger partial charge in [0, 0.05) is 6.26 Å². The quantitative estimate of drug-likeness (QED) is 0.629. The number of carbonyl (C=O) groups excluding carboxylic acids is 1. The lowest BCUT2D eigenvalue weighted by Gasteiger charge is -2.14. The molecule has 0 saturated heterocycles. The van der Waals surface area contributed by atoms with Crippen molar-refractivity contribution in [3.05, 3.63) is 65.7 Å². The summed E-state index contributed by atoms with van der Waals surface area (Å²) in [6.07, 6.45) is 1.73. The Kier molecular flexibility index (Phi) is 7.21. The molecule has 1 unspecified atom stereocenters. The van der Waals surface area contributed by atoms with Gasteiger partial charge in [0.2, 0.25) is 0 Å². The molecular formula is C20H24O5S. The lowest BCUT2D eigenvalue weighted by molar-refractivity contribution is -0.142. The van der Waals surface area contributed by atoms with Gasteiger partial charge >= 0.3 is 5.97 Å². The van der Waals surface area contributed by atoms with Crippen molar-refractivity contribution in [3.8, 4) is 5.75 Å². The smallest absolute Gasteiger partial charge is 0.324 e. The summed E-state index contributed by atoms with van der Waals surface area (Å²) < 4.78 is 34.2. The first-order chi connectivity index (χ1) is 12.4. The maximum atomic E-state index is 11.9. The van der Waals surface area contributed by atoms with Gasteiger partial charge in [0.05, 0.1) is 6.61 Å². The molecule has 2 rings (SSSR count). The third-order valence-corrected chi connectivity index (χ3v) is 5.39. The van der Waals surface area contributed by atoms with Gasteiger partial charge in [0.1, 0.15) is 12.4 Å². The molecule has 0 aliphatic heterocycles. The Morgan fingerprint density at radius 3 is 2.23 bits per heavy atom. The van der Waals surface area contributed by atoms with Crippen LogP contribution in [0.5, 0.6) is 5.75 Å². The predicted octanol–water partition coefficient (Wildman–Crippen LogP) is 3.17. The van der Waals surface area contributed by atoms with Crippen molar-refractivity contribution in [1.29, 1.82) is 0 Å². The largest absolute Gasteiger partial charge is 0.489 e. The SMILES string of the molecule is CCOC(=O)C(CCc1ccc(OCc2ccccc2)cc1)S(C)(=O)=O. The first kappa shape index (κ1) is 20.0. The molecule has 0 spiro atoms. The van der Waals surface area contributed by atoms with E-state index in [2.05, 4.69) is 0 Å². The molecule has 2 aromatic rings. The molecule has 0 bridgehead atoms. The molecule has 5 nitrogen and oxygen atoms in total. The monoisotopic (exact) mass is 376 g/mol. The second kappa shape index (κ2) is 9.38. The molecule has 6 heteroatoms. The molecule has 140 valence electrons. The average Bonchev–Trinajstić information content (AvgIpc) is 2.61. The van der Waals surface area contributed by atoms with E-state index < -0.39 is 21.1 Å². The molecule has 0 aliphatic carbocycles. The van der Waals surface area contributed by atoms with Crippen molar-refractivity contribution in [3.63, 3.8) is 0 Å². The molecule has 2 aromatic carbocycles. The molecule has 0 fully saturated rings. The van der Waals surface area contributed by atoms with Gasteiger partial charge in [-0.25, -0.2) is 8.42 Å². The van der Waals surface area contributed by atoms with Gasteiger partial charge < -0.3 is 9.47 Å². The van der Waals surface area contributed by atoms with Crippen molar-refractivity contribution in [2.24, 2.45) is 0 Å². The lowest BCUT2D eigenvalue weighted by Crippen LogP contribution is -2.31. The van der Waals surface area contributed by atoms with E-state index in [1.165, 1.54) is 0 Å². The zero-order chi connectivity index (χ0) is 19.0. The van der Waals surface area contributed by atoms with Gasteiger partial charge in [-0.15, -0.1) is 0 Å². The van der Waals surface area contributed by atoms with E-state index in [-0.39, 0.29) is 13.0 Å². The van der Waals surface area contributed by atoms with Crippen molar-refractivity contribution in [2.45, 2.75) is 31.6 Å². The Labute approximate surface area is 154 Å². The fourth-order valence-electron chi connectivity index (χ4n) is 2.53. The number of benzene rings is 2. The Balaban J connectivity index is 1.92. The lowest BCUT2D eigenvalue weighted by atomic mass is 10.1. The zero-order valence-electron chi connectivity index (χ0n) is 15.1. The van der Waals surface area contributed by atoms with E-state index in [0.717, 1.165) is 23.1 Å². The van der Waals surface area contributed by atoms with Gasteiger partial charge in [-0.05, 0) is 43.0 Å². The van der Waals surface area contributed by atoms with Crippen molar-refractivity contribution in [1.82, 2.24) is 0 Å². The molecule has 0 aromatic heterocycles. The van der Waals surface area contributed by atoms with Gasteiger partial charge in [0.25, 0.3) is 0 Å². The summed E-state index contributed by atoms with van der Waals surface area (Å²) >= 11 is 0. The summed E-state index contributed by atoms with van der Waals surface area (Å²) in [6, 6.07) is 17.3. The first-order valence-corrected chi connectivity index (χ1v) is 10.5. The fourth-order valence-corrected chi connectivity index (χ4v) is 3.50. The topological polar surface area (TPSA) is 69.7 Å². The normalized spacial score (nSPS) is 12.4. The first-order valence-electron chi connectivity index (χ1n) is 8.51. The van der Waals surface area contributed by atoms with Crippen molar-refractivity contribution < 1.29 is 22.7 Å². The minimum Gasteiger partial charge on any atom is -0.489 e. The van der Waals surface area contributed by atoms with Crippen LogP contribution in [0.3, 0.4) is 0 Å². The second-order valence-corrected chi connectivity index (χ2v) is 8.26. The van der Waals surface area contributed by atoms with Gasteiger partial charge in [0.15, 0.2) is 15.1 Å². The van der Waals surface area contributed by atoms with Crippen LogP contribution in [-0.2, 0) is 32.4 Å². The van der Waals surface area contributed by atoms with Crippen LogP contribution in [0, 0.1) is 0 Å². The molecule has 0 heterocycles. The van der Waals surface area contributed by atoms with Crippen LogP contribution in [-0.4, -0.2) is 32.5 Å². The van der Waals surface area contributed by atoms with E-state index >= 15 is 0 Å². The average molecular weight is 376 g/mol. The predicted molar refractivity (Wildman–Crippen MR) is 101 cm³/mol. The highest BCUT2D eigenvalue weighted by molar-refractivity contribution is 7.92. The number of ether oxygens (including phenoxy) is 2. The van der Waals surface area contributed by atoms with E-state index in [4.69, 9.17) is 9.47 Å². The summed E-state index contributed by atoms with van der Waals surface area (Å²) in [5.41, 5.74) is 2.03. The Hall–Kier alpha value is -2.34. The van der Waals surface area contributed by atoms with Crippen LogP contribution < -0.4 is 4.74 Å². The Morgan fingerprint density at radius 1 is 1.00 bits per heavy atom. The summed E-state index contributed by atoms with van der Waals surface area (Å²) in [5, 5.41) is -1.13. The number of aryl methyl sites for hydroxylation is 1. The molecule has 0 amide bonds. The Morgan fingerprint density at radius 2 is 1.65 bits per heavy atom. The van der Waals surface area contributed by atoms with Crippen LogP contribution in [0.1, 0.15) is 24.5 Å². The van der Waals surface area contributed by atoms with Crippen LogP contribution in [0.4, 0.5) is 0 Å². The maximum absolute atomic E-state index is 11.9. The van der Waals surface area contributed by atoms with Crippen molar-refractivity contribution in [2.75, 3.05) is 12.9 Å². The number of rotatable bonds is 9. The fraction of sp³-hybridized carbons (Fsp3) is 0.350. The molecule has 0 radical (unpaired) electrons. The summed E-state index contributed by atoms with van der Waals surface area (Å²) in [7, 11) is -3.50. The number of hydrogen-bond donors (Lipinski definition) is 0. The molecule has 0 N–H and O–H groups in total. The third kappa shape index (κ3) is 6.19. The standard InChI is InChI=1S/C20H24O5S/c1-3-24-20(21)19(26(2,22)23)14-11-16-9-12-18(13-10-16)25-15-17-7-5-4-6-8-17/h4-10,12-13,19H,3,11,14-15H2,1-2H3. The number of sulfone groups is 1. The van der Waals surface area contributed by atoms with E-state index in [0.29, 0.717) is 13.0 Å².